The van der Waals surface area contributed by atoms with E-state index in [0.717, 1.165) is 78.0 Å². The number of likely N-dealkylation sites (N-methyl/N-ethyl adjacent to an activating group) is 1. The molecule has 0 atom stereocenters. The number of carbonyl (C=O) groups excluding carboxylic acids is 2. The van der Waals surface area contributed by atoms with Gasteiger partial charge in [0.25, 0.3) is 0 Å². The Labute approximate surface area is 226 Å². The molecule has 0 aromatic carbocycles. The molecule has 37 heavy (non-hydrogen) atoms. The first kappa shape index (κ1) is 30.3. The van der Waals surface area contributed by atoms with E-state index in [1.165, 1.54) is 38.5 Å². The molecule has 0 unspecified atom stereocenters. The number of hydrogen-bond donors (Lipinski definition) is 3. The van der Waals surface area contributed by atoms with Crippen molar-refractivity contribution < 1.29 is 9.59 Å². The Balaban J connectivity index is 0.000000206. The number of amides is 2. The summed E-state index contributed by atoms with van der Waals surface area (Å²) >= 11 is 0. The number of rotatable bonds is 6. The van der Waals surface area contributed by atoms with Crippen molar-refractivity contribution in [3.63, 3.8) is 0 Å². The van der Waals surface area contributed by atoms with Gasteiger partial charge in [-0.05, 0) is 60.4 Å². The minimum absolute atomic E-state index is 0.274. The zero-order valence-electron chi connectivity index (χ0n) is 24.5. The van der Waals surface area contributed by atoms with Gasteiger partial charge in [0.1, 0.15) is 0 Å². The summed E-state index contributed by atoms with van der Waals surface area (Å²) in [5, 5.41) is 10.5. The lowest BCUT2D eigenvalue weighted by atomic mass is 9.80. The number of nitrogens with zero attached hydrogens (tertiary/aromatic N) is 3. The summed E-state index contributed by atoms with van der Waals surface area (Å²) in [5.74, 6) is 0.700. The zero-order chi connectivity index (χ0) is 26.9. The fraction of sp³-hybridized carbons (Fsp3) is 0.931. The minimum Gasteiger partial charge on any atom is -0.339 e. The Hall–Kier alpha value is -1.22. The molecule has 2 saturated carbocycles. The van der Waals surface area contributed by atoms with E-state index < -0.39 is 0 Å². The van der Waals surface area contributed by atoms with Gasteiger partial charge < -0.3 is 30.7 Å². The molecule has 214 valence electrons. The number of nitrogens with one attached hydrogen (secondary N) is 3. The van der Waals surface area contributed by atoms with Crippen LogP contribution in [0.15, 0.2) is 0 Å². The van der Waals surface area contributed by atoms with E-state index in [1.807, 2.05) is 0 Å². The van der Waals surface area contributed by atoms with Crippen molar-refractivity contribution in [2.45, 2.75) is 115 Å². The summed E-state index contributed by atoms with van der Waals surface area (Å²) < 4.78 is 0. The van der Waals surface area contributed by atoms with E-state index in [2.05, 4.69) is 65.4 Å². The second-order valence-corrected chi connectivity index (χ2v) is 12.5. The second-order valence-electron chi connectivity index (χ2n) is 12.5. The lowest BCUT2D eigenvalue weighted by molar-refractivity contribution is -0.142. The molecule has 2 heterocycles. The predicted octanol–water partition coefficient (Wildman–Crippen LogP) is 2.58. The minimum atomic E-state index is -0.275. The van der Waals surface area contributed by atoms with Gasteiger partial charge in [0.15, 0.2) is 0 Å². The highest BCUT2D eigenvalue weighted by atomic mass is 16.2. The van der Waals surface area contributed by atoms with Crippen LogP contribution in [-0.2, 0) is 9.59 Å². The zero-order valence-corrected chi connectivity index (χ0v) is 24.5. The molecule has 0 bridgehead atoms. The molecule has 3 N–H and O–H groups in total. The molecule has 0 aromatic heterocycles. The molecule has 4 rings (SSSR count). The summed E-state index contributed by atoms with van der Waals surface area (Å²) in [7, 11) is 2.13. The highest BCUT2D eigenvalue weighted by Crippen LogP contribution is 2.32. The average molecular weight is 521 g/mol. The van der Waals surface area contributed by atoms with Crippen molar-refractivity contribution in [3.05, 3.63) is 0 Å². The van der Waals surface area contributed by atoms with E-state index >= 15 is 0 Å². The Morgan fingerprint density at radius 2 is 1.00 bits per heavy atom. The third kappa shape index (κ3) is 8.38. The van der Waals surface area contributed by atoms with Gasteiger partial charge in [-0.2, -0.15) is 0 Å². The highest BCUT2D eigenvalue weighted by molar-refractivity contribution is 5.87. The molecule has 8 nitrogen and oxygen atoms in total. The number of hydrogen-bond acceptors (Lipinski definition) is 6. The second kappa shape index (κ2) is 14.2. The van der Waals surface area contributed by atoms with Crippen molar-refractivity contribution in [2.24, 2.45) is 0 Å². The fourth-order valence-corrected chi connectivity index (χ4v) is 6.74. The molecule has 2 aliphatic heterocycles. The first-order chi connectivity index (χ1) is 17.7. The third-order valence-corrected chi connectivity index (χ3v) is 8.56. The van der Waals surface area contributed by atoms with Gasteiger partial charge in [-0.1, -0.05) is 38.5 Å². The largest absolute Gasteiger partial charge is 0.339 e. The van der Waals surface area contributed by atoms with Gasteiger partial charge in [-0.15, -0.1) is 0 Å². The van der Waals surface area contributed by atoms with E-state index in [9.17, 15) is 9.59 Å². The molecule has 4 aliphatic rings. The summed E-state index contributed by atoms with van der Waals surface area (Å²) in [6.45, 7) is 15.9. The Morgan fingerprint density at radius 3 is 1.38 bits per heavy atom. The molecule has 0 aromatic rings. The summed E-state index contributed by atoms with van der Waals surface area (Å²) in [6.07, 6.45) is 11.3. The van der Waals surface area contributed by atoms with Gasteiger partial charge in [-0.3, -0.25) is 9.59 Å². The molecule has 0 radical (unpaired) electrons. The fourth-order valence-electron chi connectivity index (χ4n) is 6.74. The molecular formula is C29H56N6O2. The van der Waals surface area contributed by atoms with Crippen LogP contribution in [-0.4, -0.2) is 109 Å². The van der Waals surface area contributed by atoms with Gasteiger partial charge in [0.05, 0.1) is 11.1 Å². The Kier molecular flexibility index (Phi) is 11.7. The van der Waals surface area contributed by atoms with Crippen LogP contribution in [0.25, 0.3) is 0 Å². The molecule has 2 amide bonds. The van der Waals surface area contributed by atoms with Crippen LogP contribution >= 0.6 is 0 Å². The van der Waals surface area contributed by atoms with Crippen LogP contribution in [0.3, 0.4) is 0 Å². The maximum atomic E-state index is 13.0. The SMILES string of the molecule is CC(C)NC1(C(=O)N2CCN(C)CC2)CCCCC1.CC(C)NC1(C(=O)N2CCNCC2)CCCCC1. The van der Waals surface area contributed by atoms with Crippen LogP contribution in [0.1, 0.15) is 91.9 Å². The quantitative estimate of drug-likeness (QED) is 0.500. The lowest BCUT2D eigenvalue weighted by Crippen LogP contribution is -2.63. The van der Waals surface area contributed by atoms with Crippen LogP contribution in [0.4, 0.5) is 0 Å². The smallest absolute Gasteiger partial charge is 0.242 e. The highest BCUT2D eigenvalue weighted by Gasteiger charge is 2.43. The average Bonchev–Trinajstić information content (AvgIpc) is 2.89. The van der Waals surface area contributed by atoms with Crippen LogP contribution < -0.4 is 16.0 Å². The standard InChI is InChI=1S/C15H29N3O.C14H27N3O/c1-13(2)16-15(7-5-4-6-8-15)14(19)18-11-9-17(3)10-12-18;1-12(2)16-14(6-4-3-5-7-14)13(18)17-10-8-15-9-11-17/h13,16H,4-12H2,1-3H3;12,15-16H,3-11H2,1-2H3. The first-order valence-electron chi connectivity index (χ1n) is 15.2. The normalized spacial score (nSPS) is 24.5. The number of carbonyl (C=O) groups is 2. The van der Waals surface area contributed by atoms with Crippen molar-refractivity contribution in [2.75, 3.05) is 59.4 Å². The summed E-state index contributed by atoms with van der Waals surface area (Å²) in [4.78, 5) is 32.2. The monoisotopic (exact) mass is 520 g/mol. The summed E-state index contributed by atoms with van der Waals surface area (Å²) in [5.41, 5.74) is -0.550. The Morgan fingerprint density at radius 1 is 0.622 bits per heavy atom. The van der Waals surface area contributed by atoms with Gasteiger partial charge in [0, 0.05) is 64.4 Å². The van der Waals surface area contributed by atoms with Crippen molar-refractivity contribution in [1.29, 1.82) is 0 Å². The Bertz CT molecular complexity index is 701. The van der Waals surface area contributed by atoms with Crippen molar-refractivity contribution >= 4 is 11.8 Å². The topological polar surface area (TPSA) is 80.0 Å². The third-order valence-electron chi connectivity index (χ3n) is 8.56. The van der Waals surface area contributed by atoms with E-state index in [1.54, 1.807) is 0 Å². The molecule has 4 fully saturated rings. The van der Waals surface area contributed by atoms with Crippen LogP contribution in [0.2, 0.25) is 0 Å². The molecule has 8 heteroatoms. The maximum absolute atomic E-state index is 13.0. The molecule has 0 spiro atoms. The van der Waals surface area contributed by atoms with E-state index in [4.69, 9.17) is 0 Å². The van der Waals surface area contributed by atoms with Crippen LogP contribution in [0.5, 0.6) is 0 Å². The predicted molar refractivity (Wildman–Crippen MR) is 152 cm³/mol. The van der Waals surface area contributed by atoms with Gasteiger partial charge in [-0.25, -0.2) is 0 Å². The van der Waals surface area contributed by atoms with E-state index in [0.29, 0.717) is 23.9 Å². The number of piperazine rings is 2. The van der Waals surface area contributed by atoms with Gasteiger partial charge >= 0.3 is 0 Å². The lowest BCUT2D eigenvalue weighted by Gasteiger charge is -2.43. The molecule has 2 aliphatic carbocycles. The maximum Gasteiger partial charge on any atom is 0.242 e. The van der Waals surface area contributed by atoms with Crippen molar-refractivity contribution in [1.82, 2.24) is 30.7 Å². The van der Waals surface area contributed by atoms with Crippen molar-refractivity contribution in [3.8, 4) is 0 Å². The summed E-state index contributed by atoms with van der Waals surface area (Å²) in [6, 6.07) is 0.740. The molecular weight excluding hydrogens is 464 g/mol. The van der Waals surface area contributed by atoms with Gasteiger partial charge in [0.2, 0.25) is 11.8 Å². The molecule has 2 saturated heterocycles. The first-order valence-corrected chi connectivity index (χ1v) is 15.2. The van der Waals surface area contributed by atoms with Crippen LogP contribution in [0, 0.1) is 0 Å². The van der Waals surface area contributed by atoms with E-state index in [-0.39, 0.29) is 11.1 Å².